The lowest BCUT2D eigenvalue weighted by atomic mass is 10.0. The second-order valence-electron chi connectivity index (χ2n) is 5.69. The number of phenolic OH excluding ortho intramolecular Hbond substituents is 1. The Morgan fingerprint density at radius 2 is 1.95 bits per heavy atom. The Balaban J connectivity index is 1.52. The Bertz CT molecular complexity index is 594. The highest BCUT2D eigenvalue weighted by Crippen LogP contribution is 2.31. The number of rotatable bonds is 2. The van der Waals surface area contributed by atoms with Crippen molar-refractivity contribution in [3.05, 3.63) is 30.0 Å². The van der Waals surface area contributed by atoms with E-state index in [1.165, 1.54) is 0 Å². The highest BCUT2D eigenvalue weighted by atomic mass is 16.5. The average Bonchev–Trinajstić information content (AvgIpc) is 3.01. The van der Waals surface area contributed by atoms with E-state index in [2.05, 4.69) is 4.90 Å². The third-order valence-electron chi connectivity index (χ3n) is 4.25. The lowest BCUT2D eigenvalue weighted by Crippen LogP contribution is -2.22. The number of ether oxygens (including phenoxy) is 1. The van der Waals surface area contributed by atoms with Gasteiger partial charge >= 0.3 is 0 Å². The summed E-state index contributed by atoms with van der Waals surface area (Å²) < 4.78 is 11.3. The van der Waals surface area contributed by atoms with Crippen molar-refractivity contribution in [2.24, 2.45) is 11.8 Å². The molecular weight excluding hydrogens is 242 g/mol. The molecule has 2 fully saturated rings. The first-order valence-electron chi connectivity index (χ1n) is 6.79. The molecule has 2 aliphatic rings. The van der Waals surface area contributed by atoms with Crippen molar-refractivity contribution in [2.75, 3.05) is 26.3 Å². The van der Waals surface area contributed by atoms with Crippen molar-refractivity contribution in [1.29, 1.82) is 0 Å². The van der Waals surface area contributed by atoms with E-state index in [4.69, 9.17) is 9.15 Å². The van der Waals surface area contributed by atoms with Gasteiger partial charge in [-0.1, -0.05) is 0 Å². The number of hydrogen-bond acceptors (Lipinski definition) is 4. The number of furan rings is 1. The molecule has 0 amide bonds. The zero-order valence-electron chi connectivity index (χ0n) is 10.7. The molecule has 0 radical (unpaired) electrons. The first-order chi connectivity index (χ1) is 9.28. The molecule has 19 heavy (non-hydrogen) atoms. The van der Waals surface area contributed by atoms with Crippen LogP contribution in [0.5, 0.6) is 5.75 Å². The minimum atomic E-state index is 0.285. The first kappa shape index (κ1) is 11.3. The first-order valence-corrected chi connectivity index (χ1v) is 6.79. The van der Waals surface area contributed by atoms with Gasteiger partial charge < -0.3 is 14.3 Å². The van der Waals surface area contributed by atoms with Crippen LogP contribution in [-0.4, -0.2) is 36.3 Å². The minimum Gasteiger partial charge on any atom is -0.508 e. The molecule has 0 spiro atoms. The molecule has 100 valence electrons. The van der Waals surface area contributed by atoms with Crippen LogP contribution in [-0.2, 0) is 11.3 Å². The number of benzene rings is 1. The maximum absolute atomic E-state index is 9.47. The summed E-state index contributed by atoms with van der Waals surface area (Å²) in [7, 11) is 0. The summed E-state index contributed by atoms with van der Waals surface area (Å²) in [5, 5.41) is 10.4. The number of hydrogen-bond donors (Lipinski definition) is 1. The van der Waals surface area contributed by atoms with E-state index in [1.54, 1.807) is 12.1 Å². The second-order valence-corrected chi connectivity index (χ2v) is 5.69. The Morgan fingerprint density at radius 1 is 1.16 bits per heavy atom. The van der Waals surface area contributed by atoms with E-state index in [0.717, 1.165) is 49.6 Å². The SMILES string of the molecule is Oc1ccc2oc(CN3CC4COCC4C3)cc2c1. The smallest absolute Gasteiger partial charge is 0.134 e. The summed E-state index contributed by atoms with van der Waals surface area (Å²) in [5.41, 5.74) is 0.843. The quantitative estimate of drug-likeness (QED) is 0.898. The minimum absolute atomic E-state index is 0.285. The molecule has 1 N–H and O–H groups in total. The summed E-state index contributed by atoms with van der Waals surface area (Å²) in [6.45, 7) is 4.88. The number of phenols is 1. The van der Waals surface area contributed by atoms with Crippen LogP contribution in [0.4, 0.5) is 0 Å². The molecule has 1 aromatic heterocycles. The molecule has 4 rings (SSSR count). The van der Waals surface area contributed by atoms with Crippen LogP contribution in [0, 0.1) is 11.8 Å². The third kappa shape index (κ3) is 2.01. The monoisotopic (exact) mass is 259 g/mol. The van der Waals surface area contributed by atoms with Gasteiger partial charge in [0.05, 0.1) is 19.8 Å². The number of likely N-dealkylation sites (tertiary alicyclic amines) is 1. The fourth-order valence-electron chi connectivity index (χ4n) is 3.30. The Kier molecular flexibility index (Phi) is 2.53. The largest absolute Gasteiger partial charge is 0.508 e. The van der Waals surface area contributed by atoms with Gasteiger partial charge in [0, 0.05) is 30.3 Å². The number of fused-ring (bicyclic) bond motifs is 2. The van der Waals surface area contributed by atoms with Crippen LogP contribution < -0.4 is 0 Å². The summed E-state index contributed by atoms with van der Waals surface area (Å²) in [6, 6.07) is 7.25. The predicted octanol–water partition coefficient (Wildman–Crippen LogP) is 2.22. The average molecular weight is 259 g/mol. The number of nitrogens with zero attached hydrogens (tertiary/aromatic N) is 1. The molecule has 4 nitrogen and oxygen atoms in total. The van der Waals surface area contributed by atoms with Crippen LogP contribution in [0.3, 0.4) is 0 Å². The summed E-state index contributed by atoms with van der Waals surface area (Å²) >= 11 is 0. The van der Waals surface area contributed by atoms with Gasteiger partial charge in [0.25, 0.3) is 0 Å². The molecule has 3 heterocycles. The van der Waals surface area contributed by atoms with Crippen molar-refractivity contribution in [3.63, 3.8) is 0 Å². The lowest BCUT2D eigenvalue weighted by Gasteiger charge is -2.14. The molecule has 4 heteroatoms. The fraction of sp³-hybridized carbons (Fsp3) is 0.467. The van der Waals surface area contributed by atoms with Crippen LogP contribution in [0.1, 0.15) is 5.76 Å². The molecule has 2 aliphatic heterocycles. The van der Waals surface area contributed by atoms with Crippen LogP contribution in [0.2, 0.25) is 0 Å². The van der Waals surface area contributed by atoms with Crippen molar-refractivity contribution in [1.82, 2.24) is 4.90 Å². The summed E-state index contributed by atoms with van der Waals surface area (Å²) in [6.07, 6.45) is 0. The fourth-order valence-corrected chi connectivity index (χ4v) is 3.30. The van der Waals surface area contributed by atoms with E-state index in [0.29, 0.717) is 11.8 Å². The standard InChI is InChI=1S/C15H17NO3/c17-13-1-2-15-10(3-13)4-14(19-15)7-16-5-11-8-18-9-12(11)6-16/h1-4,11-12,17H,5-9H2. The van der Waals surface area contributed by atoms with Gasteiger partial charge in [0.2, 0.25) is 0 Å². The lowest BCUT2D eigenvalue weighted by molar-refractivity contribution is 0.150. The molecule has 0 bridgehead atoms. The van der Waals surface area contributed by atoms with Crippen LogP contribution in [0.15, 0.2) is 28.7 Å². The second kappa shape index (κ2) is 4.25. The van der Waals surface area contributed by atoms with Crippen molar-refractivity contribution >= 4 is 11.0 Å². The number of aromatic hydroxyl groups is 1. The Morgan fingerprint density at radius 3 is 2.74 bits per heavy atom. The van der Waals surface area contributed by atoms with Gasteiger partial charge in [-0.25, -0.2) is 0 Å². The normalized spacial score (nSPS) is 27.2. The summed E-state index contributed by atoms with van der Waals surface area (Å²) in [4.78, 5) is 2.44. The van der Waals surface area contributed by atoms with E-state index in [-0.39, 0.29) is 5.75 Å². The highest BCUT2D eigenvalue weighted by molar-refractivity contribution is 5.79. The Hall–Kier alpha value is -1.52. The van der Waals surface area contributed by atoms with Gasteiger partial charge in [-0.2, -0.15) is 0 Å². The molecular formula is C15H17NO3. The van der Waals surface area contributed by atoms with E-state index in [1.807, 2.05) is 12.1 Å². The van der Waals surface area contributed by atoms with Crippen molar-refractivity contribution < 1.29 is 14.3 Å². The van der Waals surface area contributed by atoms with E-state index >= 15 is 0 Å². The van der Waals surface area contributed by atoms with Crippen LogP contribution in [0.25, 0.3) is 11.0 Å². The van der Waals surface area contributed by atoms with Gasteiger partial charge in [0.15, 0.2) is 0 Å². The molecule has 0 saturated carbocycles. The molecule has 2 atom stereocenters. The zero-order valence-corrected chi connectivity index (χ0v) is 10.7. The highest BCUT2D eigenvalue weighted by Gasteiger charge is 2.37. The molecule has 2 saturated heterocycles. The third-order valence-corrected chi connectivity index (χ3v) is 4.25. The van der Waals surface area contributed by atoms with E-state index in [9.17, 15) is 5.11 Å². The molecule has 2 unspecified atom stereocenters. The maximum atomic E-state index is 9.47. The van der Waals surface area contributed by atoms with Gasteiger partial charge in [-0.05, 0) is 24.3 Å². The van der Waals surface area contributed by atoms with Gasteiger partial charge in [-0.3, -0.25) is 4.90 Å². The maximum Gasteiger partial charge on any atom is 0.134 e. The zero-order chi connectivity index (χ0) is 12.8. The molecule has 0 aliphatic carbocycles. The molecule has 1 aromatic carbocycles. The summed E-state index contributed by atoms with van der Waals surface area (Å²) in [5.74, 6) is 2.66. The van der Waals surface area contributed by atoms with Gasteiger partial charge in [0.1, 0.15) is 17.1 Å². The van der Waals surface area contributed by atoms with Crippen molar-refractivity contribution in [2.45, 2.75) is 6.54 Å². The topological polar surface area (TPSA) is 45.8 Å². The van der Waals surface area contributed by atoms with Crippen molar-refractivity contribution in [3.8, 4) is 5.75 Å². The van der Waals surface area contributed by atoms with Crippen LogP contribution >= 0.6 is 0 Å². The van der Waals surface area contributed by atoms with E-state index < -0.39 is 0 Å². The van der Waals surface area contributed by atoms with Gasteiger partial charge in [-0.15, -0.1) is 0 Å². The molecule has 2 aromatic rings. The Labute approximate surface area is 111 Å². The predicted molar refractivity (Wildman–Crippen MR) is 71.0 cm³/mol.